The lowest BCUT2D eigenvalue weighted by atomic mass is 10.0. The number of pyridine rings is 1. The Labute approximate surface area is 133 Å². The second kappa shape index (κ2) is 8.66. The van der Waals surface area contributed by atoms with Crippen molar-refractivity contribution in [2.24, 2.45) is 5.92 Å². The standard InChI is InChI=1S/C19H26N2O/c1-16(2)19(15-22)21(14-18-6-4-3-5-7-18)13-10-17-8-11-20-12-9-17/h3-9,11-12,16,19,22H,10,13-15H2,1-2H3. The Hall–Kier alpha value is -1.71. The van der Waals surface area contributed by atoms with Gasteiger partial charge in [0.1, 0.15) is 0 Å². The topological polar surface area (TPSA) is 36.4 Å². The maximum absolute atomic E-state index is 9.79. The fourth-order valence-electron chi connectivity index (χ4n) is 2.75. The molecule has 1 aromatic heterocycles. The lowest BCUT2D eigenvalue weighted by Gasteiger charge is -2.33. The van der Waals surface area contributed by atoms with Crippen LogP contribution in [0.25, 0.3) is 0 Å². The molecule has 1 heterocycles. The zero-order valence-electron chi connectivity index (χ0n) is 13.5. The number of hydrogen-bond donors (Lipinski definition) is 1. The molecule has 1 aromatic carbocycles. The molecule has 1 unspecified atom stereocenters. The summed E-state index contributed by atoms with van der Waals surface area (Å²) in [7, 11) is 0. The van der Waals surface area contributed by atoms with Crippen LogP contribution in [-0.2, 0) is 13.0 Å². The monoisotopic (exact) mass is 298 g/mol. The molecule has 0 amide bonds. The van der Waals surface area contributed by atoms with E-state index in [2.05, 4.69) is 60.1 Å². The van der Waals surface area contributed by atoms with Gasteiger partial charge in [-0.2, -0.15) is 0 Å². The van der Waals surface area contributed by atoms with E-state index in [1.165, 1.54) is 11.1 Å². The lowest BCUT2D eigenvalue weighted by Crippen LogP contribution is -2.42. The van der Waals surface area contributed by atoms with Crippen LogP contribution in [0.15, 0.2) is 54.9 Å². The summed E-state index contributed by atoms with van der Waals surface area (Å²) in [6.45, 7) is 6.34. The molecule has 3 heteroatoms. The first-order valence-electron chi connectivity index (χ1n) is 7.98. The number of rotatable bonds is 8. The van der Waals surface area contributed by atoms with Gasteiger partial charge in [-0.05, 0) is 35.6 Å². The van der Waals surface area contributed by atoms with Crippen molar-refractivity contribution in [3.8, 4) is 0 Å². The van der Waals surface area contributed by atoms with Gasteiger partial charge < -0.3 is 5.11 Å². The van der Waals surface area contributed by atoms with Crippen LogP contribution >= 0.6 is 0 Å². The molecule has 0 aliphatic heterocycles. The summed E-state index contributed by atoms with van der Waals surface area (Å²) in [6, 6.07) is 14.8. The third-order valence-corrected chi connectivity index (χ3v) is 4.09. The lowest BCUT2D eigenvalue weighted by molar-refractivity contribution is 0.0856. The largest absolute Gasteiger partial charge is 0.395 e. The molecule has 0 aliphatic rings. The zero-order chi connectivity index (χ0) is 15.8. The smallest absolute Gasteiger partial charge is 0.0589 e. The summed E-state index contributed by atoms with van der Waals surface area (Å²) in [5.41, 5.74) is 2.57. The molecule has 22 heavy (non-hydrogen) atoms. The molecule has 0 spiro atoms. The highest BCUT2D eigenvalue weighted by Gasteiger charge is 2.21. The molecule has 0 saturated carbocycles. The molecule has 2 rings (SSSR count). The predicted octanol–water partition coefficient (Wildman–Crippen LogP) is 3.14. The molecule has 0 radical (unpaired) electrons. The highest BCUT2D eigenvalue weighted by atomic mass is 16.3. The summed E-state index contributed by atoms with van der Waals surface area (Å²) >= 11 is 0. The molecule has 0 fully saturated rings. The fraction of sp³-hybridized carbons (Fsp3) is 0.421. The number of nitrogens with zero attached hydrogens (tertiary/aromatic N) is 2. The Morgan fingerprint density at radius 2 is 1.68 bits per heavy atom. The van der Waals surface area contributed by atoms with Gasteiger partial charge in [0.25, 0.3) is 0 Å². The molecule has 3 nitrogen and oxygen atoms in total. The third kappa shape index (κ3) is 4.93. The van der Waals surface area contributed by atoms with Gasteiger partial charge in [-0.1, -0.05) is 44.2 Å². The first kappa shape index (κ1) is 16.7. The maximum atomic E-state index is 9.79. The SMILES string of the molecule is CC(C)C(CO)N(CCc1ccncc1)Cc1ccccc1. The third-order valence-electron chi connectivity index (χ3n) is 4.09. The number of benzene rings is 1. The molecule has 1 N–H and O–H groups in total. The van der Waals surface area contributed by atoms with Gasteiger partial charge in [0.15, 0.2) is 0 Å². The Morgan fingerprint density at radius 3 is 2.27 bits per heavy atom. The summed E-state index contributed by atoms with van der Waals surface area (Å²) in [5, 5.41) is 9.79. The van der Waals surface area contributed by atoms with Crippen molar-refractivity contribution in [3.63, 3.8) is 0 Å². The van der Waals surface area contributed by atoms with Crippen LogP contribution < -0.4 is 0 Å². The average molecular weight is 298 g/mol. The zero-order valence-corrected chi connectivity index (χ0v) is 13.5. The van der Waals surface area contributed by atoms with Crippen molar-refractivity contribution in [2.75, 3.05) is 13.2 Å². The second-order valence-electron chi connectivity index (χ2n) is 6.06. The maximum Gasteiger partial charge on any atom is 0.0589 e. The van der Waals surface area contributed by atoms with E-state index in [0.29, 0.717) is 5.92 Å². The van der Waals surface area contributed by atoms with Gasteiger partial charge >= 0.3 is 0 Å². The highest BCUT2D eigenvalue weighted by molar-refractivity contribution is 5.15. The summed E-state index contributed by atoms with van der Waals surface area (Å²) in [6.07, 6.45) is 4.64. The van der Waals surface area contributed by atoms with Crippen LogP contribution in [-0.4, -0.2) is 34.2 Å². The molecular weight excluding hydrogens is 272 g/mol. The minimum absolute atomic E-state index is 0.182. The Bertz CT molecular complexity index is 528. The first-order valence-corrected chi connectivity index (χ1v) is 7.98. The first-order chi connectivity index (χ1) is 10.7. The van der Waals surface area contributed by atoms with Gasteiger partial charge in [0.05, 0.1) is 6.61 Å². The van der Waals surface area contributed by atoms with Gasteiger partial charge in [0.2, 0.25) is 0 Å². The van der Waals surface area contributed by atoms with Gasteiger partial charge in [-0.3, -0.25) is 9.88 Å². The van der Waals surface area contributed by atoms with Crippen LogP contribution in [0.5, 0.6) is 0 Å². The van der Waals surface area contributed by atoms with E-state index in [1.54, 1.807) is 0 Å². The van der Waals surface area contributed by atoms with Crippen molar-refractivity contribution in [2.45, 2.75) is 32.9 Å². The molecule has 0 saturated heterocycles. The molecule has 0 bridgehead atoms. The Kier molecular flexibility index (Phi) is 6.56. The minimum atomic E-state index is 0.182. The number of aliphatic hydroxyl groups is 1. The fourth-order valence-corrected chi connectivity index (χ4v) is 2.75. The van der Waals surface area contributed by atoms with Crippen molar-refractivity contribution in [3.05, 3.63) is 66.0 Å². The molecule has 118 valence electrons. The van der Waals surface area contributed by atoms with Crippen molar-refractivity contribution in [1.82, 2.24) is 9.88 Å². The number of aliphatic hydroxyl groups excluding tert-OH is 1. The van der Waals surface area contributed by atoms with Gasteiger partial charge in [0, 0.05) is 31.5 Å². The number of aromatic nitrogens is 1. The van der Waals surface area contributed by atoms with E-state index in [-0.39, 0.29) is 12.6 Å². The normalized spacial score (nSPS) is 12.8. The van der Waals surface area contributed by atoms with Crippen LogP contribution in [0.3, 0.4) is 0 Å². The second-order valence-corrected chi connectivity index (χ2v) is 6.06. The van der Waals surface area contributed by atoms with Crippen molar-refractivity contribution >= 4 is 0 Å². The average Bonchev–Trinajstić information content (AvgIpc) is 2.54. The van der Waals surface area contributed by atoms with E-state index >= 15 is 0 Å². The van der Waals surface area contributed by atoms with E-state index in [0.717, 1.165) is 19.5 Å². The van der Waals surface area contributed by atoms with E-state index < -0.39 is 0 Å². The summed E-state index contributed by atoms with van der Waals surface area (Å²) < 4.78 is 0. The van der Waals surface area contributed by atoms with Crippen LogP contribution in [0.1, 0.15) is 25.0 Å². The quantitative estimate of drug-likeness (QED) is 0.813. The highest BCUT2D eigenvalue weighted by Crippen LogP contribution is 2.15. The Morgan fingerprint density at radius 1 is 1.00 bits per heavy atom. The van der Waals surface area contributed by atoms with Gasteiger partial charge in [-0.15, -0.1) is 0 Å². The van der Waals surface area contributed by atoms with Crippen LogP contribution in [0.4, 0.5) is 0 Å². The predicted molar refractivity (Wildman–Crippen MR) is 90.5 cm³/mol. The van der Waals surface area contributed by atoms with Crippen LogP contribution in [0.2, 0.25) is 0 Å². The summed E-state index contributed by atoms with van der Waals surface area (Å²) in [4.78, 5) is 6.46. The van der Waals surface area contributed by atoms with E-state index in [1.807, 2.05) is 18.5 Å². The summed E-state index contributed by atoms with van der Waals surface area (Å²) in [5.74, 6) is 0.422. The van der Waals surface area contributed by atoms with Crippen molar-refractivity contribution in [1.29, 1.82) is 0 Å². The molecular formula is C19H26N2O. The number of hydrogen-bond acceptors (Lipinski definition) is 3. The van der Waals surface area contributed by atoms with E-state index in [9.17, 15) is 5.11 Å². The molecule has 0 aliphatic carbocycles. The Balaban J connectivity index is 2.07. The van der Waals surface area contributed by atoms with Crippen LogP contribution in [0, 0.1) is 5.92 Å². The molecule has 1 atom stereocenters. The minimum Gasteiger partial charge on any atom is -0.395 e. The molecule has 2 aromatic rings. The van der Waals surface area contributed by atoms with Crippen molar-refractivity contribution < 1.29 is 5.11 Å². The van der Waals surface area contributed by atoms with E-state index in [4.69, 9.17) is 0 Å². The van der Waals surface area contributed by atoms with Gasteiger partial charge in [-0.25, -0.2) is 0 Å².